The van der Waals surface area contributed by atoms with Crippen molar-refractivity contribution in [2.45, 2.75) is 24.7 Å². The van der Waals surface area contributed by atoms with Gasteiger partial charge in [0.2, 0.25) is 0 Å². The maximum absolute atomic E-state index is 12.7. The molecule has 1 aliphatic heterocycles. The second-order valence-electron chi connectivity index (χ2n) is 7.26. The van der Waals surface area contributed by atoms with Crippen LogP contribution in [0.3, 0.4) is 0 Å². The number of alkyl halides is 3. The Morgan fingerprint density at radius 1 is 1.04 bits per heavy atom. The number of nitrogens with one attached hydrogen (secondary N) is 2. The first-order chi connectivity index (χ1) is 13.2. The van der Waals surface area contributed by atoms with Crippen LogP contribution in [0.5, 0.6) is 0 Å². The van der Waals surface area contributed by atoms with Crippen LogP contribution in [-0.2, 0) is 11.2 Å². The van der Waals surface area contributed by atoms with Gasteiger partial charge in [-0.25, -0.2) is 0 Å². The molecule has 0 saturated carbocycles. The molecule has 1 heterocycles. The van der Waals surface area contributed by atoms with Crippen molar-refractivity contribution in [3.05, 3.63) is 69.2 Å². The van der Waals surface area contributed by atoms with Crippen molar-refractivity contribution < 1.29 is 18.0 Å². The fraction of sp³-hybridized carbons (Fsp3) is 0.350. The van der Waals surface area contributed by atoms with E-state index < -0.39 is 18.2 Å². The van der Waals surface area contributed by atoms with Crippen LogP contribution >= 0.6 is 23.2 Å². The van der Waals surface area contributed by atoms with Gasteiger partial charge in [-0.05, 0) is 53.3 Å². The summed E-state index contributed by atoms with van der Waals surface area (Å²) in [6.07, 6.45) is -5.08. The van der Waals surface area contributed by atoms with E-state index in [2.05, 4.69) is 10.6 Å². The van der Waals surface area contributed by atoms with E-state index in [0.29, 0.717) is 23.0 Å². The highest BCUT2D eigenvalue weighted by Gasteiger charge is 2.48. The van der Waals surface area contributed by atoms with Crippen molar-refractivity contribution in [1.29, 1.82) is 0 Å². The number of carbonyl (C=O) groups is 1. The number of amides is 1. The molecule has 0 spiro atoms. The Kier molecular flexibility index (Phi) is 5.06. The number of hydrogen-bond acceptors (Lipinski definition) is 2. The number of halogens is 5. The van der Waals surface area contributed by atoms with E-state index in [9.17, 15) is 18.0 Å². The van der Waals surface area contributed by atoms with Gasteiger partial charge in [0.25, 0.3) is 0 Å². The first-order valence-electron chi connectivity index (χ1n) is 8.89. The second kappa shape index (κ2) is 7.25. The lowest BCUT2D eigenvalue weighted by molar-refractivity contribution is -0.174. The summed E-state index contributed by atoms with van der Waals surface area (Å²) in [4.78, 5) is 11.5. The maximum atomic E-state index is 12.7. The number of rotatable bonds is 2. The van der Waals surface area contributed by atoms with Crippen LogP contribution in [0.15, 0.2) is 42.5 Å². The molecule has 1 fully saturated rings. The minimum atomic E-state index is -4.91. The third-order valence-corrected chi connectivity index (χ3v) is 6.14. The Hall–Kier alpha value is -1.76. The molecular formula is C20H17Cl2F3N2O. The third kappa shape index (κ3) is 3.61. The predicted molar refractivity (Wildman–Crippen MR) is 101 cm³/mol. The molecule has 0 aromatic heterocycles. The zero-order valence-corrected chi connectivity index (χ0v) is 16.1. The minimum Gasteiger partial charge on any atom is -0.333 e. The Balaban J connectivity index is 1.71. The molecule has 0 radical (unpaired) electrons. The number of carbonyl (C=O) groups excluding carboxylic acids is 1. The first kappa shape index (κ1) is 19.6. The van der Waals surface area contributed by atoms with Crippen LogP contribution in [0, 0.1) is 11.8 Å². The van der Waals surface area contributed by atoms with E-state index in [-0.39, 0.29) is 17.8 Å². The molecule has 3 nitrogen and oxygen atoms in total. The Bertz CT molecular complexity index is 901. The monoisotopic (exact) mass is 428 g/mol. The molecule has 2 aromatic rings. The van der Waals surface area contributed by atoms with Gasteiger partial charge in [-0.2, -0.15) is 13.2 Å². The Labute approximate surface area is 170 Å². The van der Waals surface area contributed by atoms with Crippen molar-refractivity contribution in [1.82, 2.24) is 10.6 Å². The van der Waals surface area contributed by atoms with Crippen LogP contribution in [0.2, 0.25) is 10.0 Å². The molecule has 8 heteroatoms. The molecule has 28 heavy (non-hydrogen) atoms. The summed E-state index contributed by atoms with van der Waals surface area (Å²) < 4.78 is 38.2. The average molecular weight is 429 g/mol. The smallest absolute Gasteiger partial charge is 0.333 e. The van der Waals surface area contributed by atoms with Crippen molar-refractivity contribution in [2.24, 2.45) is 11.8 Å². The molecule has 2 aromatic carbocycles. The highest BCUT2D eigenvalue weighted by molar-refractivity contribution is 6.30. The molecule has 1 aliphatic carbocycles. The van der Waals surface area contributed by atoms with E-state index >= 15 is 0 Å². The van der Waals surface area contributed by atoms with Gasteiger partial charge in [-0.15, -0.1) is 0 Å². The van der Waals surface area contributed by atoms with Gasteiger partial charge in [0.1, 0.15) is 0 Å². The van der Waals surface area contributed by atoms with Gasteiger partial charge in [0.15, 0.2) is 0 Å². The lowest BCUT2D eigenvalue weighted by Crippen LogP contribution is -2.51. The van der Waals surface area contributed by atoms with Crippen molar-refractivity contribution in [3.8, 4) is 0 Å². The second-order valence-corrected chi connectivity index (χ2v) is 8.13. The van der Waals surface area contributed by atoms with Gasteiger partial charge < -0.3 is 5.32 Å². The van der Waals surface area contributed by atoms with Gasteiger partial charge in [-0.1, -0.05) is 41.4 Å². The molecule has 4 atom stereocenters. The molecule has 148 valence electrons. The Morgan fingerprint density at radius 3 is 2.39 bits per heavy atom. The fourth-order valence-electron chi connectivity index (χ4n) is 4.45. The summed E-state index contributed by atoms with van der Waals surface area (Å²) in [7, 11) is 0. The van der Waals surface area contributed by atoms with Crippen LogP contribution in [0.25, 0.3) is 0 Å². The van der Waals surface area contributed by atoms with Gasteiger partial charge >= 0.3 is 12.1 Å². The van der Waals surface area contributed by atoms with Crippen molar-refractivity contribution in [3.63, 3.8) is 0 Å². The van der Waals surface area contributed by atoms with E-state index in [4.69, 9.17) is 23.2 Å². The van der Waals surface area contributed by atoms with Gasteiger partial charge in [-0.3, -0.25) is 10.1 Å². The molecule has 4 rings (SSSR count). The van der Waals surface area contributed by atoms with Gasteiger partial charge in [0.05, 0.1) is 6.17 Å². The summed E-state index contributed by atoms with van der Waals surface area (Å²) in [6, 6.07) is 13.1. The summed E-state index contributed by atoms with van der Waals surface area (Å²) in [5, 5.41) is 6.42. The highest BCUT2D eigenvalue weighted by atomic mass is 35.5. The summed E-state index contributed by atoms with van der Waals surface area (Å²) in [6.45, 7) is 0.493. The summed E-state index contributed by atoms with van der Waals surface area (Å²) in [5.41, 5.74) is 3.12. The minimum absolute atomic E-state index is 0.0191. The fourth-order valence-corrected chi connectivity index (χ4v) is 4.76. The standard InChI is InChI=1S/C20H17Cl2F3N2O/c21-12-4-1-10(2-5-12)17-14-8-13(22)6-3-11(14)7-15-16(17)9-26-18(15)27-19(28)20(23,24)25/h1-6,8,15-18,26H,7,9H2,(H,27,28). The van der Waals surface area contributed by atoms with Crippen LogP contribution in [0.4, 0.5) is 13.2 Å². The number of fused-ring (bicyclic) bond motifs is 2. The van der Waals surface area contributed by atoms with E-state index in [0.717, 1.165) is 16.7 Å². The molecule has 1 saturated heterocycles. The molecule has 1 amide bonds. The molecular weight excluding hydrogens is 412 g/mol. The first-order valence-corrected chi connectivity index (χ1v) is 9.64. The molecule has 0 bridgehead atoms. The van der Waals surface area contributed by atoms with E-state index in [1.54, 1.807) is 18.2 Å². The predicted octanol–water partition coefficient (Wildman–Crippen LogP) is 4.52. The van der Waals surface area contributed by atoms with Crippen LogP contribution in [-0.4, -0.2) is 24.8 Å². The largest absolute Gasteiger partial charge is 0.471 e. The topological polar surface area (TPSA) is 41.1 Å². The summed E-state index contributed by atoms with van der Waals surface area (Å²) >= 11 is 12.2. The maximum Gasteiger partial charge on any atom is 0.471 e. The van der Waals surface area contributed by atoms with Crippen LogP contribution < -0.4 is 10.6 Å². The van der Waals surface area contributed by atoms with Crippen LogP contribution in [0.1, 0.15) is 22.6 Å². The highest BCUT2D eigenvalue weighted by Crippen LogP contribution is 2.47. The zero-order valence-electron chi connectivity index (χ0n) is 14.6. The zero-order chi connectivity index (χ0) is 20.1. The molecule has 2 N–H and O–H groups in total. The van der Waals surface area contributed by atoms with Crippen molar-refractivity contribution >= 4 is 29.1 Å². The summed E-state index contributed by atoms with van der Waals surface area (Å²) in [5.74, 6) is -2.12. The van der Waals surface area contributed by atoms with E-state index in [1.165, 1.54) is 0 Å². The number of benzene rings is 2. The Morgan fingerprint density at radius 2 is 1.71 bits per heavy atom. The third-order valence-electron chi connectivity index (χ3n) is 5.65. The molecule has 4 unspecified atom stereocenters. The lowest BCUT2D eigenvalue weighted by Gasteiger charge is -2.37. The SMILES string of the molecule is O=C(NC1NCC2C(c3ccc(Cl)cc3)c3cc(Cl)ccc3CC12)C(F)(F)F. The van der Waals surface area contributed by atoms with Gasteiger partial charge in [0, 0.05) is 28.4 Å². The quantitative estimate of drug-likeness (QED) is 0.737. The number of hydrogen-bond donors (Lipinski definition) is 2. The lowest BCUT2D eigenvalue weighted by atomic mass is 9.67. The van der Waals surface area contributed by atoms with Crippen molar-refractivity contribution in [2.75, 3.05) is 6.54 Å². The van der Waals surface area contributed by atoms with E-state index in [1.807, 2.05) is 24.3 Å². The average Bonchev–Trinajstić information content (AvgIpc) is 3.02. The normalized spacial score (nSPS) is 26.5. The molecule has 2 aliphatic rings.